The zero-order valence-electron chi connectivity index (χ0n) is 10.4. The third-order valence-electron chi connectivity index (χ3n) is 2.90. The molecule has 1 aromatic heterocycles. The molecular formula is C11H14F3N3OS. The number of nitrogens with zero attached hydrogens (tertiary/aromatic N) is 3. The highest BCUT2D eigenvalue weighted by Gasteiger charge is 2.33. The van der Waals surface area contributed by atoms with Gasteiger partial charge in [0, 0.05) is 31.6 Å². The van der Waals surface area contributed by atoms with Crippen LogP contribution in [-0.4, -0.2) is 59.6 Å². The average Bonchev–Trinajstić information content (AvgIpc) is 2.74. The van der Waals surface area contributed by atoms with Crippen molar-refractivity contribution in [2.24, 2.45) is 0 Å². The molecule has 2 heterocycles. The van der Waals surface area contributed by atoms with E-state index in [1.807, 2.05) is 6.92 Å². The molecule has 1 fully saturated rings. The van der Waals surface area contributed by atoms with Crippen LogP contribution in [0.25, 0.3) is 0 Å². The third kappa shape index (κ3) is 3.90. The number of halogens is 3. The fourth-order valence-corrected chi connectivity index (χ4v) is 2.57. The molecule has 0 saturated carbocycles. The first-order valence-electron chi connectivity index (χ1n) is 5.86. The molecule has 1 saturated heterocycles. The Balaban J connectivity index is 1.88. The molecule has 1 aromatic rings. The van der Waals surface area contributed by atoms with Crippen molar-refractivity contribution in [1.82, 2.24) is 14.8 Å². The zero-order chi connectivity index (χ0) is 14.0. The van der Waals surface area contributed by atoms with E-state index in [4.69, 9.17) is 0 Å². The van der Waals surface area contributed by atoms with Gasteiger partial charge in [-0.3, -0.25) is 9.69 Å². The molecule has 2 rings (SSSR count). The first kappa shape index (κ1) is 14.3. The number of aromatic nitrogens is 1. The summed E-state index contributed by atoms with van der Waals surface area (Å²) in [5.74, 6) is -0.198. The van der Waals surface area contributed by atoms with Crippen LogP contribution < -0.4 is 0 Å². The van der Waals surface area contributed by atoms with Gasteiger partial charge < -0.3 is 4.90 Å². The van der Waals surface area contributed by atoms with Crippen LogP contribution in [0.15, 0.2) is 5.38 Å². The number of hydrogen-bond acceptors (Lipinski definition) is 4. The predicted molar refractivity (Wildman–Crippen MR) is 65.2 cm³/mol. The van der Waals surface area contributed by atoms with Crippen LogP contribution in [0.5, 0.6) is 0 Å². The van der Waals surface area contributed by atoms with Gasteiger partial charge in [0.05, 0.1) is 11.6 Å². The van der Waals surface area contributed by atoms with Gasteiger partial charge in [0.2, 0.25) is 0 Å². The molecule has 106 valence electrons. The van der Waals surface area contributed by atoms with Crippen LogP contribution in [0.4, 0.5) is 13.2 Å². The lowest BCUT2D eigenvalue weighted by molar-refractivity contribution is -0.148. The van der Waals surface area contributed by atoms with E-state index in [2.05, 4.69) is 4.98 Å². The SMILES string of the molecule is Cc1nc(C(=O)N2CCN(CC(F)(F)F)CC2)cs1. The van der Waals surface area contributed by atoms with Crippen LogP contribution in [0, 0.1) is 6.92 Å². The molecule has 0 atom stereocenters. The van der Waals surface area contributed by atoms with Crippen molar-refractivity contribution < 1.29 is 18.0 Å². The summed E-state index contributed by atoms with van der Waals surface area (Å²) in [5.41, 5.74) is 0.381. The van der Waals surface area contributed by atoms with Crippen molar-refractivity contribution in [2.45, 2.75) is 13.1 Å². The largest absolute Gasteiger partial charge is 0.401 e. The summed E-state index contributed by atoms with van der Waals surface area (Å²) in [7, 11) is 0. The Morgan fingerprint density at radius 1 is 1.37 bits per heavy atom. The first-order valence-corrected chi connectivity index (χ1v) is 6.73. The van der Waals surface area contributed by atoms with Gasteiger partial charge in [-0.05, 0) is 6.92 Å². The number of amides is 1. The number of piperazine rings is 1. The number of aryl methyl sites for hydroxylation is 1. The molecule has 0 radical (unpaired) electrons. The van der Waals surface area contributed by atoms with Gasteiger partial charge in [0.25, 0.3) is 5.91 Å². The maximum absolute atomic E-state index is 12.2. The molecule has 0 bridgehead atoms. The molecule has 0 spiro atoms. The Morgan fingerprint density at radius 3 is 2.47 bits per heavy atom. The predicted octanol–water partition coefficient (Wildman–Crippen LogP) is 1.77. The summed E-state index contributed by atoms with van der Waals surface area (Å²) in [5, 5.41) is 2.48. The van der Waals surface area contributed by atoms with Crippen LogP contribution in [-0.2, 0) is 0 Å². The lowest BCUT2D eigenvalue weighted by atomic mass is 10.3. The molecule has 1 aliphatic rings. The lowest BCUT2D eigenvalue weighted by Gasteiger charge is -2.34. The second-order valence-electron chi connectivity index (χ2n) is 4.44. The van der Waals surface area contributed by atoms with Crippen molar-refractivity contribution >= 4 is 17.2 Å². The van der Waals surface area contributed by atoms with Gasteiger partial charge in [-0.2, -0.15) is 13.2 Å². The van der Waals surface area contributed by atoms with Gasteiger partial charge >= 0.3 is 6.18 Å². The fourth-order valence-electron chi connectivity index (χ4n) is 1.99. The highest BCUT2D eigenvalue weighted by molar-refractivity contribution is 7.09. The van der Waals surface area contributed by atoms with Crippen LogP contribution >= 0.6 is 11.3 Å². The first-order chi connectivity index (χ1) is 8.85. The highest BCUT2D eigenvalue weighted by atomic mass is 32.1. The summed E-state index contributed by atoms with van der Waals surface area (Å²) in [6, 6.07) is 0. The molecule has 0 aromatic carbocycles. The molecule has 0 unspecified atom stereocenters. The zero-order valence-corrected chi connectivity index (χ0v) is 11.2. The molecule has 19 heavy (non-hydrogen) atoms. The van der Waals surface area contributed by atoms with Crippen molar-refractivity contribution in [1.29, 1.82) is 0 Å². The van der Waals surface area contributed by atoms with Crippen LogP contribution in [0.2, 0.25) is 0 Å². The number of carbonyl (C=O) groups excluding carboxylic acids is 1. The van der Waals surface area contributed by atoms with E-state index in [1.165, 1.54) is 16.2 Å². The molecule has 1 aliphatic heterocycles. The standard InChI is InChI=1S/C11H14F3N3OS/c1-8-15-9(6-19-8)10(18)17-4-2-16(3-5-17)7-11(12,13)14/h6H,2-5,7H2,1H3. The smallest absolute Gasteiger partial charge is 0.335 e. The Bertz CT molecular complexity index is 452. The maximum atomic E-state index is 12.2. The van der Waals surface area contributed by atoms with Gasteiger partial charge in [-0.15, -0.1) is 11.3 Å². The Kier molecular flexibility index (Phi) is 4.10. The monoisotopic (exact) mass is 293 g/mol. The number of alkyl halides is 3. The summed E-state index contributed by atoms with van der Waals surface area (Å²) in [4.78, 5) is 19.0. The van der Waals surface area contributed by atoms with Crippen molar-refractivity contribution in [3.05, 3.63) is 16.1 Å². The Morgan fingerprint density at radius 2 is 2.00 bits per heavy atom. The average molecular weight is 293 g/mol. The van der Waals surface area contributed by atoms with E-state index in [9.17, 15) is 18.0 Å². The fraction of sp³-hybridized carbons (Fsp3) is 0.636. The van der Waals surface area contributed by atoms with Crippen molar-refractivity contribution in [2.75, 3.05) is 32.7 Å². The normalized spacial score (nSPS) is 17.8. The molecule has 4 nitrogen and oxygen atoms in total. The minimum absolute atomic E-state index is 0.198. The van der Waals surface area contributed by atoms with E-state index in [-0.39, 0.29) is 19.0 Å². The van der Waals surface area contributed by atoms with E-state index in [1.54, 1.807) is 10.3 Å². The third-order valence-corrected chi connectivity index (χ3v) is 3.67. The summed E-state index contributed by atoms with van der Waals surface area (Å²) < 4.78 is 36.7. The Hall–Kier alpha value is -1.15. The molecule has 8 heteroatoms. The summed E-state index contributed by atoms with van der Waals surface area (Å²) >= 11 is 1.39. The molecule has 0 aliphatic carbocycles. The number of hydrogen-bond donors (Lipinski definition) is 0. The Labute approximate surface area is 112 Å². The second-order valence-corrected chi connectivity index (χ2v) is 5.50. The van der Waals surface area contributed by atoms with Gasteiger partial charge in [-0.25, -0.2) is 4.98 Å². The lowest BCUT2D eigenvalue weighted by Crippen LogP contribution is -2.51. The highest BCUT2D eigenvalue weighted by Crippen LogP contribution is 2.18. The quantitative estimate of drug-likeness (QED) is 0.834. The van der Waals surface area contributed by atoms with Gasteiger partial charge in [-0.1, -0.05) is 0 Å². The summed E-state index contributed by atoms with van der Waals surface area (Å²) in [6.45, 7) is 2.01. The number of thiazole rings is 1. The van der Waals surface area contributed by atoms with Gasteiger partial charge in [0.15, 0.2) is 0 Å². The van der Waals surface area contributed by atoms with E-state index < -0.39 is 12.7 Å². The number of rotatable bonds is 2. The van der Waals surface area contributed by atoms with Crippen molar-refractivity contribution in [3.8, 4) is 0 Å². The molecule has 1 amide bonds. The molecule has 0 N–H and O–H groups in total. The van der Waals surface area contributed by atoms with Gasteiger partial charge in [0.1, 0.15) is 5.69 Å². The molecular weight excluding hydrogens is 279 g/mol. The minimum atomic E-state index is -4.18. The van der Waals surface area contributed by atoms with E-state index in [0.29, 0.717) is 18.8 Å². The van der Waals surface area contributed by atoms with Crippen molar-refractivity contribution in [3.63, 3.8) is 0 Å². The van der Waals surface area contributed by atoms with Crippen LogP contribution in [0.3, 0.4) is 0 Å². The summed E-state index contributed by atoms with van der Waals surface area (Å²) in [6.07, 6.45) is -4.18. The minimum Gasteiger partial charge on any atom is -0.335 e. The number of carbonyl (C=O) groups is 1. The topological polar surface area (TPSA) is 36.4 Å². The maximum Gasteiger partial charge on any atom is 0.401 e. The second kappa shape index (κ2) is 5.46. The van der Waals surface area contributed by atoms with E-state index in [0.717, 1.165) is 5.01 Å². The van der Waals surface area contributed by atoms with E-state index >= 15 is 0 Å². The van der Waals surface area contributed by atoms with Crippen LogP contribution in [0.1, 0.15) is 15.5 Å².